The van der Waals surface area contributed by atoms with E-state index < -0.39 is 0 Å². The molecule has 24 heavy (non-hydrogen) atoms. The van der Waals surface area contributed by atoms with Crippen molar-refractivity contribution in [3.63, 3.8) is 0 Å². The molecular formula is C24H30. The second-order valence-electron chi connectivity index (χ2n) is 4.64. The van der Waals surface area contributed by atoms with Crippen LogP contribution in [0.2, 0.25) is 0 Å². The van der Waals surface area contributed by atoms with Gasteiger partial charge in [-0.25, -0.2) is 0 Å². The summed E-state index contributed by atoms with van der Waals surface area (Å²) in [6, 6.07) is 26.0. The molecule has 4 aromatic rings. The number of benzene rings is 4. The van der Waals surface area contributed by atoms with Gasteiger partial charge in [0.25, 0.3) is 0 Å². The minimum atomic E-state index is 1.34. The zero-order valence-electron chi connectivity index (χ0n) is 15.9. The summed E-state index contributed by atoms with van der Waals surface area (Å²) in [5.74, 6) is 0. The predicted octanol–water partition coefficient (Wildman–Crippen LogP) is 8.22. The third kappa shape index (κ3) is 3.76. The monoisotopic (exact) mass is 318 g/mol. The Morgan fingerprint density at radius 1 is 0.292 bits per heavy atom. The molecule has 126 valence electrons. The molecular weight excluding hydrogens is 288 g/mol. The number of hydrogen-bond donors (Lipinski definition) is 0. The predicted molar refractivity (Wildman–Crippen MR) is 113 cm³/mol. The lowest BCUT2D eigenvalue weighted by atomic mass is 9.95. The average Bonchev–Trinajstić information content (AvgIpc) is 2.73. The molecule has 4 aromatic carbocycles. The molecule has 0 bridgehead atoms. The fraction of sp³-hybridized carbons (Fsp3) is 0.250. The van der Waals surface area contributed by atoms with E-state index in [-0.39, 0.29) is 0 Å². The summed E-state index contributed by atoms with van der Waals surface area (Å²) in [7, 11) is 0. The molecule has 0 amide bonds. The Balaban J connectivity index is 0.000000436. The number of rotatable bonds is 0. The van der Waals surface area contributed by atoms with Crippen LogP contribution in [0.5, 0.6) is 0 Å². The maximum atomic E-state index is 2.21. The quantitative estimate of drug-likeness (QED) is 0.286. The van der Waals surface area contributed by atoms with Gasteiger partial charge >= 0.3 is 0 Å². The highest BCUT2D eigenvalue weighted by molar-refractivity contribution is 6.25. The highest BCUT2D eigenvalue weighted by atomic mass is 14.1. The normalized spacial score (nSPS) is 9.25. The van der Waals surface area contributed by atoms with Crippen LogP contribution in [0.4, 0.5) is 0 Å². The molecule has 0 aliphatic rings. The molecule has 0 saturated carbocycles. The van der Waals surface area contributed by atoms with Gasteiger partial charge < -0.3 is 0 Å². The topological polar surface area (TPSA) is 0 Å². The lowest BCUT2D eigenvalue weighted by Gasteiger charge is -2.09. The van der Waals surface area contributed by atoms with Gasteiger partial charge in [0.2, 0.25) is 0 Å². The van der Waals surface area contributed by atoms with Crippen molar-refractivity contribution in [3.05, 3.63) is 72.8 Å². The van der Waals surface area contributed by atoms with E-state index in [2.05, 4.69) is 72.8 Å². The van der Waals surface area contributed by atoms with Gasteiger partial charge in [0, 0.05) is 0 Å². The minimum absolute atomic E-state index is 1.34. The lowest BCUT2D eigenvalue weighted by Crippen LogP contribution is -1.81. The third-order valence-corrected chi connectivity index (χ3v) is 3.65. The van der Waals surface area contributed by atoms with E-state index in [1.54, 1.807) is 0 Å². The van der Waals surface area contributed by atoms with E-state index in [9.17, 15) is 0 Å². The molecule has 0 spiro atoms. The molecule has 0 aliphatic heterocycles. The van der Waals surface area contributed by atoms with Gasteiger partial charge in [-0.15, -0.1) is 0 Å². The van der Waals surface area contributed by atoms with Crippen molar-refractivity contribution in [2.45, 2.75) is 41.5 Å². The van der Waals surface area contributed by atoms with Crippen molar-refractivity contribution in [3.8, 4) is 0 Å². The van der Waals surface area contributed by atoms with Crippen LogP contribution in [0, 0.1) is 0 Å². The van der Waals surface area contributed by atoms with Gasteiger partial charge in [-0.2, -0.15) is 0 Å². The Hall–Kier alpha value is -2.34. The van der Waals surface area contributed by atoms with E-state index in [4.69, 9.17) is 0 Å². The van der Waals surface area contributed by atoms with Gasteiger partial charge in [0.1, 0.15) is 0 Å². The van der Waals surface area contributed by atoms with Crippen LogP contribution in [-0.2, 0) is 0 Å². The fourth-order valence-corrected chi connectivity index (χ4v) is 2.86. The van der Waals surface area contributed by atoms with Crippen LogP contribution in [0.15, 0.2) is 72.8 Å². The minimum Gasteiger partial charge on any atom is -0.0683 e. The van der Waals surface area contributed by atoms with E-state index >= 15 is 0 Å². The SMILES string of the molecule is CC.CC.CC.c1ccc2c(c1)c1ccccc1c1ccccc21. The maximum Gasteiger partial charge on any atom is -0.00990 e. The van der Waals surface area contributed by atoms with Crippen LogP contribution in [-0.4, -0.2) is 0 Å². The Bertz CT molecular complexity index is 652. The molecule has 4 rings (SSSR count). The Kier molecular flexibility index (Phi) is 8.57. The zero-order valence-corrected chi connectivity index (χ0v) is 15.9. The van der Waals surface area contributed by atoms with Gasteiger partial charge in [0.05, 0.1) is 0 Å². The summed E-state index contributed by atoms with van der Waals surface area (Å²) < 4.78 is 0. The first-order chi connectivity index (χ1) is 11.9. The Labute approximate surface area is 147 Å². The van der Waals surface area contributed by atoms with Gasteiger partial charge in [0.15, 0.2) is 0 Å². The van der Waals surface area contributed by atoms with E-state index in [0.29, 0.717) is 0 Å². The van der Waals surface area contributed by atoms with E-state index in [0.717, 1.165) is 0 Å². The summed E-state index contributed by atoms with van der Waals surface area (Å²) in [6.07, 6.45) is 0. The van der Waals surface area contributed by atoms with Crippen LogP contribution in [0.25, 0.3) is 32.3 Å². The van der Waals surface area contributed by atoms with Crippen molar-refractivity contribution in [2.75, 3.05) is 0 Å². The molecule has 0 heteroatoms. The largest absolute Gasteiger partial charge is 0.0683 e. The summed E-state index contributed by atoms with van der Waals surface area (Å²) in [4.78, 5) is 0. The van der Waals surface area contributed by atoms with E-state index in [1.165, 1.54) is 32.3 Å². The number of fused-ring (bicyclic) bond motifs is 6. The molecule has 0 radical (unpaired) electrons. The lowest BCUT2D eigenvalue weighted by molar-refractivity contribution is 1.50. The summed E-state index contributed by atoms with van der Waals surface area (Å²) >= 11 is 0. The number of hydrogen-bond acceptors (Lipinski definition) is 0. The highest BCUT2D eigenvalue weighted by Gasteiger charge is 2.06. The second-order valence-corrected chi connectivity index (χ2v) is 4.64. The average molecular weight is 319 g/mol. The highest BCUT2D eigenvalue weighted by Crippen LogP contribution is 2.34. The van der Waals surface area contributed by atoms with Crippen molar-refractivity contribution in [2.24, 2.45) is 0 Å². The van der Waals surface area contributed by atoms with E-state index in [1.807, 2.05) is 41.5 Å². The van der Waals surface area contributed by atoms with Crippen LogP contribution in [0.1, 0.15) is 41.5 Å². The van der Waals surface area contributed by atoms with Crippen molar-refractivity contribution < 1.29 is 0 Å². The summed E-state index contributed by atoms with van der Waals surface area (Å²) in [6.45, 7) is 12.0. The smallest absolute Gasteiger partial charge is 0.00990 e. The molecule has 0 fully saturated rings. The van der Waals surface area contributed by atoms with Crippen LogP contribution < -0.4 is 0 Å². The Morgan fingerprint density at radius 2 is 0.417 bits per heavy atom. The standard InChI is InChI=1S/C18H12.3C2H6/c1-2-8-14-13(7-1)15-9-3-4-11-17(15)18-12-6-5-10-16(14)18;3*1-2/h1-12H;3*1-2H3. The van der Waals surface area contributed by atoms with Crippen molar-refractivity contribution >= 4 is 32.3 Å². The molecule has 0 aromatic heterocycles. The maximum absolute atomic E-state index is 2.21. The fourth-order valence-electron chi connectivity index (χ4n) is 2.86. The summed E-state index contributed by atoms with van der Waals surface area (Å²) in [5, 5.41) is 8.04. The molecule has 0 atom stereocenters. The first kappa shape index (κ1) is 19.7. The molecule has 0 aliphatic carbocycles. The van der Waals surface area contributed by atoms with Crippen LogP contribution in [0.3, 0.4) is 0 Å². The summed E-state index contributed by atoms with van der Waals surface area (Å²) in [5.41, 5.74) is 0. The molecule has 0 unspecified atom stereocenters. The molecule has 0 nitrogen and oxygen atoms in total. The van der Waals surface area contributed by atoms with Crippen LogP contribution >= 0.6 is 0 Å². The molecule has 0 saturated heterocycles. The van der Waals surface area contributed by atoms with Gasteiger partial charge in [-0.3, -0.25) is 0 Å². The molecule has 0 N–H and O–H groups in total. The van der Waals surface area contributed by atoms with Gasteiger partial charge in [-0.1, -0.05) is 114 Å². The third-order valence-electron chi connectivity index (χ3n) is 3.65. The first-order valence-electron chi connectivity index (χ1n) is 9.23. The zero-order chi connectivity index (χ0) is 17.9. The van der Waals surface area contributed by atoms with Crippen molar-refractivity contribution in [1.82, 2.24) is 0 Å². The van der Waals surface area contributed by atoms with Gasteiger partial charge in [-0.05, 0) is 32.3 Å². The van der Waals surface area contributed by atoms with Crippen molar-refractivity contribution in [1.29, 1.82) is 0 Å². The molecule has 0 heterocycles. The second kappa shape index (κ2) is 10.4. The Morgan fingerprint density at radius 3 is 0.542 bits per heavy atom. The first-order valence-corrected chi connectivity index (χ1v) is 9.23.